The molecule has 1 saturated carbocycles. The second-order valence-electron chi connectivity index (χ2n) is 5.03. The molecule has 0 N–H and O–H groups in total. The van der Waals surface area contributed by atoms with E-state index in [2.05, 4.69) is 13.2 Å². The Kier molecular flexibility index (Phi) is 4.33. The van der Waals surface area contributed by atoms with Crippen LogP contribution < -0.4 is 0 Å². The van der Waals surface area contributed by atoms with Crippen molar-refractivity contribution in [1.82, 2.24) is 0 Å². The Morgan fingerprint density at radius 1 is 1.22 bits per heavy atom. The van der Waals surface area contributed by atoms with Crippen molar-refractivity contribution in [2.45, 2.75) is 39.2 Å². The topological polar surface area (TPSA) is 52.6 Å². The molecule has 0 aromatic carbocycles. The van der Waals surface area contributed by atoms with Crippen LogP contribution in [-0.4, -0.2) is 24.1 Å². The third kappa shape index (κ3) is 3.00. The third-order valence-electron chi connectivity index (χ3n) is 3.34. The number of rotatable bonds is 5. The molecule has 1 rings (SSSR count). The summed E-state index contributed by atoms with van der Waals surface area (Å²) in [7, 11) is 0. The number of carbonyl (C=O) groups is 2. The maximum atomic E-state index is 11.6. The predicted molar refractivity (Wildman–Crippen MR) is 67.8 cm³/mol. The summed E-state index contributed by atoms with van der Waals surface area (Å²) >= 11 is 0. The largest absolute Gasteiger partial charge is 0.458 e. The molecule has 0 spiro atoms. The summed E-state index contributed by atoms with van der Waals surface area (Å²) in [5.41, 5.74) is -0.00992. The van der Waals surface area contributed by atoms with Gasteiger partial charge in [0, 0.05) is 11.1 Å². The van der Waals surface area contributed by atoms with Crippen molar-refractivity contribution in [2.24, 2.45) is 5.92 Å². The number of hydrogen-bond donors (Lipinski definition) is 0. The predicted octanol–water partition coefficient (Wildman–Crippen LogP) is 2.39. The molecule has 0 radical (unpaired) electrons. The van der Waals surface area contributed by atoms with Crippen molar-refractivity contribution < 1.29 is 19.1 Å². The SMILES string of the molecule is C=C(C)C(=O)OCC1(OC(=O)C(=C)C)CCC1C. The minimum absolute atomic E-state index is 0.0822. The summed E-state index contributed by atoms with van der Waals surface area (Å²) in [5, 5.41) is 0. The van der Waals surface area contributed by atoms with Crippen LogP contribution in [0.2, 0.25) is 0 Å². The van der Waals surface area contributed by atoms with Gasteiger partial charge in [-0.25, -0.2) is 9.59 Å². The van der Waals surface area contributed by atoms with Crippen LogP contribution in [0, 0.1) is 5.92 Å². The van der Waals surface area contributed by atoms with Crippen molar-refractivity contribution in [1.29, 1.82) is 0 Å². The molecule has 0 aliphatic heterocycles. The van der Waals surface area contributed by atoms with Crippen molar-refractivity contribution in [3.8, 4) is 0 Å². The first-order valence-corrected chi connectivity index (χ1v) is 6.00. The van der Waals surface area contributed by atoms with Gasteiger partial charge >= 0.3 is 11.9 Å². The maximum Gasteiger partial charge on any atom is 0.333 e. The van der Waals surface area contributed by atoms with Gasteiger partial charge in [0.2, 0.25) is 0 Å². The second kappa shape index (κ2) is 5.38. The quantitative estimate of drug-likeness (QED) is 0.557. The number of carbonyl (C=O) groups excluding carboxylic acids is 2. The van der Waals surface area contributed by atoms with Gasteiger partial charge in [0.25, 0.3) is 0 Å². The molecule has 1 fully saturated rings. The summed E-state index contributed by atoms with van der Waals surface area (Å²) < 4.78 is 10.5. The molecule has 4 nitrogen and oxygen atoms in total. The summed E-state index contributed by atoms with van der Waals surface area (Å²) in [4.78, 5) is 23.0. The Morgan fingerprint density at radius 3 is 2.11 bits per heavy atom. The lowest BCUT2D eigenvalue weighted by Crippen LogP contribution is -2.53. The van der Waals surface area contributed by atoms with Gasteiger partial charge in [-0.15, -0.1) is 0 Å². The van der Waals surface area contributed by atoms with Gasteiger partial charge in [-0.05, 0) is 32.6 Å². The van der Waals surface area contributed by atoms with Crippen molar-refractivity contribution in [2.75, 3.05) is 6.61 Å². The minimum atomic E-state index is -0.693. The van der Waals surface area contributed by atoms with Gasteiger partial charge in [-0.2, -0.15) is 0 Å². The van der Waals surface area contributed by atoms with E-state index in [0.29, 0.717) is 17.6 Å². The molecular formula is C14H20O4. The molecule has 100 valence electrons. The Labute approximate surface area is 108 Å². The summed E-state index contributed by atoms with van der Waals surface area (Å²) in [5.74, 6) is -0.716. The average Bonchev–Trinajstić information content (AvgIpc) is 2.31. The number of ether oxygens (including phenoxy) is 2. The van der Waals surface area contributed by atoms with E-state index < -0.39 is 17.5 Å². The number of hydrogen-bond acceptors (Lipinski definition) is 4. The standard InChI is InChI=1S/C14H20O4/c1-9(2)12(15)17-8-14(7-6-11(14)5)18-13(16)10(3)4/h11H,1,3,6-8H2,2,4-5H3. The molecule has 0 aromatic rings. The Bertz CT molecular complexity index is 397. The van der Waals surface area contributed by atoms with Gasteiger partial charge in [-0.3, -0.25) is 0 Å². The van der Waals surface area contributed by atoms with Gasteiger partial charge < -0.3 is 9.47 Å². The van der Waals surface area contributed by atoms with Crippen LogP contribution in [0.5, 0.6) is 0 Å². The molecule has 1 aliphatic rings. The van der Waals surface area contributed by atoms with E-state index in [1.165, 1.54) is 0 Å². The van der Waals surface area contributed by atoms with E-state index in [1.807, 2.05) is 6.92 Å². The van der Waals surface area contributed by atoms with Crippen LogP contribution in [0.3, 0.4) is 0 Å². The zero-order chi connectivity index (χ0) is 13.9. The van der Waals surface area contributed by atoms with Gasteiger partial charge in [0.1, 0.15) is 12.2 Å². The molecule has 0 bridgehead atoms. The smallest absolute Gasteiger partial charge is 0.333 e. The van der Waals surface area contributed by atoms with Crippen LogP contribution in [0.25, 0.3) is 0 Å². The summed E-state index contributed by atoms with van der Waals surface area (Å²) in [6.07, 6.45) is 1.66. The van der Waals surface area contributed by atoms with Gasteiger partial charge in [0.05, 0.1) is 0 Å². The van der Waals surface area contributed by atoms with E-state index in [1.54, 1.807) is 13.8 Å². The van der Waals surface area contributed by atoms with Crippen LogP contribution >= 0.6 is 0 Å². The lowest BCUT2D eigenvalue weighted by molar-refractivity contribution is -0.192. The normalized spacial score (nSPS) is 25.8. The van der Waals surface area contributed by atoms with E-state index in [0.717, 1.165) is 6.42 Å². The molecule has 0 heterocycles. The van der Waals surface area contributed by atoms with E-state index in [-0.39, 0.29) is 12.5 Å². The van der Waals surface area contributed by atoms with Crippen LogP contribution in [-0.2, 0) is 19.1 Å². The molecule has 0 aromatic heterocycles. The van der Waals surface area contributed by atoms with Crippen molar-refractivity contribution in [3.63, 3.8) is 0 Å². The summed E-state index contributed by atoms with van der Waals surface area (Å²) in [6.45, 7) is 12.3. The van der Waals surface area contributed by atoms with Gasteiger partial charge in [0.15, 0.2) is 0 Å². The first-order valence-electron chi connectivity index (χ1n) is 6.00. The maximum absolute atomic E-state index is 11.6. The van der Waals surface area contributed by atoms with Gasteiger partial charge in [-0.1, -0.05) is 20.1 Å². The van der Waals surface area contributed by atoms with Crippen molar-refractivity contribution >= 4 is 11.9 Å². The zero-order valence-corrected chi connectivity index (χ0v) is 11.2. The Balaban J connectivity index is 2.65. The Morgan fingerprint density at radius 2 is 1.78 bits per heavy atom. The average molecular weight is 252 g/mol. The second-order valence-corrected chi connectivity index (χ2v) is 5.03. The highest BCUT2D eigenvalue weighted by molar-refractivity contribution is 5.88. The molecule has 0 amide bonds. The molecule has 2 unspecified atom stereocenters. The zero-order valence-electron chi connectivity index (χ0n) is 11.2. The molecule has 0 saturated heterocycles. The molecule has 4 heteroatoms. The van der Waals surface area contributed by atoms with Crippen LogP contribution in [0.15, 0.2) is 24.3 Å². The highest BCUT2D eigenvalue weighted by Gasteiger charge is 2.49. The molecular weight excluding hydrogens is 232 g/mol. The van der Waals surface area contributed by atoms with Crippen LogP contribution in [0.4, 0.5) is 0 Å². The van der Waals surface area contributed by atoms with E-state index in [9.17, 15) is 9.59 Å². The fourth-order valence-electron chi connectivity index (χ4n) is 1.73. The van der Waals surface area contributed by atoms with Crippen molar-refractivity contribution in [3.05, 3.63) is 24.3 Å². The summed E-state index contributed by atoms with van der Waals surface area (Å²) in [6, 6.07) is 0. The molecule has 18 heavy (non-hydrogen) atoms. The first-order chi connectivity index (χ1) is 8.28. The lowest BCUT2D eigenvalue weighted by Gasteiger charge is -2.46. The first kappa shape index (κ1) is 14.5. The number of esters is 2. The highest BCUT2D eigenvalue weighted by atomic mass is 16.6. The van der Waals surface area contributed by atoms with Crippen LogP contribution in [0.1, 0.15) is 33.6 Å². The fourth-order valence-corrected chi connectivity index (χ4v) is 1.73. The highest BCUT2D eigenvalue weighted by Crippen LogP contribution is 2.42. The molecule has 2 atom stereocenters. The third-order valence-corrected chi connectivity index (χ3v) is 3.34. The lowest BCUT2D eigenvalue weighted by atomic mass is 9.70. The van der Waals surface area contributed by atoms with E-state index >= 15 is 0 Å². The molecule has 1 aliphatic carbocycles. The minimum Gasteiger partial charge on any atom is -0.458 e. The monoisotopic (exact) mass is 252 g/mol. The Hall–Kier alpha value is -1.58. The fraction of sp³-hybridized carbons (Fsp3) is 0.571. The van der Waals surface area contributed by atoms with E-state index in [4.69, 9.17) is 9.47 Å².